The lowest BCUT2D eigenvalue weighted by Gasteiger charge is -2.16. The maximum atomic E-state index is 11.5. The first-order chi connectivity index (χ1) is 9.53. The molecule has 20 heavy (non-hydrogen) atoms. The van der Waals surface area contributed by atoms with Crippen LogP contribution in [-0.2, 0) is 4.79 Å². The molecular weight excluding hydrogens is 260 g/mol. The van der Waals surface area contributed by atoms with Gasteiger partial charge in [-0.15, -0.1) is 0 Å². The van der Waals surface area contributed by atoms with E-state index in [1.807, 2.05) is 13.8 Å². The van der Waals surface area contributed by atoms with Crippen molar-refractivity contribution in [2.75, 3.05) is 13.2 Å². The average molecular weight is 280 g/mol. The first kappa shape index (κ1) is 16.0. The van der Waals surface area contributed by atoms with Gasteiger partial charge in [0.2, 0.25) is 5.75 Å². The zero-order chi connectivity index (χ0) is 15.1. The van der Waals surface area contributed by atoms with Crippen molar-refractivity contribution in [1.29, 1.82) is 0 Å². The molecule has 0 saturated carbocycles. The highest BCUT2D eigenvalue weighted by Gasteiger charge is 2.19. The van der Waals surface area contributed by atoms with Crippen LogP contribution in [-0.4, -0.2) is 25.0 Å². The van der Waals surface area contributed by atoms with E-state index in [0.717, 1.165) is 0 Å². The first-order valence-corrected chi connectivity index (χ1v) is 6.68. The Bertz CT molecular complexity index is 466. The fourth-order valence-electron chi connectivity index (χ4n) is 1.59. The third-order valence-electron chi connectivity index (χ3n) is 2.53. The number of esters is 1. The summed E-state index contributed by atoms with van der Waals surface area (Å²) < 4.78 is 16.2. The summed E-state index contributed by atoms with van der Waals surface area (Å²) in [5.74, 6) is 0.407. The molecule has 0 unspecified atom stereocenters. The van der Waals surface area contributed by atoms with E-state index < -0.39 is 0 Å². The zero-order valence-electron chi connectivity index (χ0n) is 12.3. The molecule has 0 atom stereocenters. The number of Topliss-reactive ketones (excluding diaryl/α,β-unsaturated/α-hetero) is 1. The van der Waals surface area contributed by atoms with Gasteiger partial charge < -0.3 is 14.2 Å². The molecule has 110 valence electrons. The molecule has 0 N–H and O–H groups in total. The van der Waals surface area contributed by atoms with Gasteiger partial charge in [-0.2, -0.15) is 0 Å². The Morgan fingerprint density at radius 2 is 1.50 bits per heavy atom. The topological polar surface area (TPSA) is 61.8 Å². The summed E-state index contributed by atoms with van der Waals surface area (Å²) >= 11 is 0. The van der Waals surface area contributed by atoms with E-state index in [0.29, 0.717) is 30.3 Å². The van der Waals surface area contributed by atoms with Crippen LogP contribution in [0.3, 0.4) is 0 Å². The predicted octanol–water partition coefficient (Wildman–Crippen LogP) is 3.00. The predicted molar refractivity (Wildman–Crippen MR) is 74.7 cm³/mol. The molecule has 0 radical (unpaired) electrons. The second-order valence-electron chi connectivity index (χ2n) is 4.05. The summed E-state index contributed by atoms with van der Waals surface area (Å²) in [6.07, 6.45) is 0.242. The Morgan fingerprint density at radius 3 is 1.85 bits per heavy atom. The Morgan fingerprint density at radius 1 is 1.00 bits per heavy atom. The van der Waals surface area contributed by atoms with Gasteiger partial charge in [0.1, 0.15) is 0 Å². The minimum Gasteiger partial charge on any atom is -0.490 e. The number of carbonyl (C=O) groups is 2. The minimum absolute atomic E-state index is 0.111. The van der Waals surface area contributed by atoms with E-state index in [1.54, 1.807) is 19.1 Å². The molecule has 1 rings (SSSR count). The number of hydrogen-bond acceptors (Lipinski definition) is 5. The Labute approximate surface area is 118 Å². The van der Waals surface area contributed by atoms with Crippen molar-refractivity contribution < 1.29 is 23.8 Å². The molecule has 0 aliphatic carbocycles. The van der Waals surface area contributed by atoms with E-state index in [9.17, 15) is 9.59 Å². The molecular formula is C15H20O5. The number of carbonyl (C=O) groups excluding carboxylic acids is 2. The number of ketones is 1. The van der Waals surface area contributed by atoms with Gasteiger partial charge in [-0.1, -0.05) is 6.92 Å². The molecule has 0 bridgehead atoms. The molecule has 1 aromatic rings. The smallest absolute Gasteiger partial charge is 0.311 e. The van der Waals surface area contributed by atoms with E-state index in [1.165, 1.54) is 6.92 Å². The van der Waals surface area contributed by atoms with Crippen molar-refractivity contribution >= 4 is 11.8 Å². The third kappa shape index (κ3) is 3.98. The quantitative estimate of drug-likeness (QED) is 0.436. The summed E-state index contributed by atoms with van der Waals surface area (Å²) in [4.78, 5) is 23.0. The van der Waals surface area contributed by atoms with Crippen molar-refractivity contribution in [1.82, 2.24) is 0 Å². The second-order valence-corrected chi connectivity index (χ2v) is 4.05. The monoisotopic (exact) mass is 280 g/mol. The Balaban J connectivity index is 3.33. The van der Waals surface area contributed by atoms with Crippen LogP contribution < -0.4 is 14.2 Å². The van der Waals surface area contributed by atoms with Crippen LogP contribution in [0.25, 0.3) is 0 Å². The molecule has 5 nitrogen and oxygen atoms in total. The Hall–Kier alpha value is -2.04. The summed E-state index contributed by atoms with van der Waals surface area (Å²) in [6.45, 7) is 7.57. The van der Waals surface area contributed by atoms with E-state index >= 15 is 0 Å². The lowest BCUT2D eigenvalue weighted by atomic mass is 10.1. The highest BCUT2D eigenvalue weighted by molar-refractivity contribution is 5.95. The molecule has 0 spiro atoms. The molecule has 0 saturated heterocycles. The van der Waals surface area contributed by atoms with Crippen molar-refractivity contribution in [3.8, 4) is 17.2 Å². The first-order valence-electron chi connectivity index (χ1n) is 6.68. The fourth-order valence-corrected chi connectivity index (χ4v) is 1.59. The van der Waals surface area contributed by atoms with E-state index in [2.05, 4.69) is 0 Å². The fraction of sp³-hybridized carbons (Fsp3) is 0.467. The van der Waals surface area contributed by atoms with Gasteiger partial charge in [0.25, 0.3) is 0 Å². The van der Waals surface area contributed by atoms with Crippen molar-refractivity contribution in [3.63, 3.8) is 0 Å². The van der Waals surface area contributed by atoms with Crippen LogP contribution in [0.2, 0.25) is 0 Å². The number of benzene rings is 1. The van der Waals surface area contributed by atoms with Crippen LogP contribution in [0.15, 0.2) is 12.1 Å². The summed E-state index contributed by atoms with van der Waals surface area (Å²) in [5, 5.41) is 0. The Kier molecular flexibility index (Phi) is 6.03. The van der Waals surface area contributed by atoms with Gasteiger partial charge in [0.05, 0.1) is 13.2 Å². The van der Waals surface area contributed by atoms with Crippen LogP contribution in [0.5, 0.6) is 17.2 Å². The minimum atomic E-state index is -0.387. The van der Waals surface area contributed by atoms with Gasteiger partial charge in [0, 0.05) is 12.0 Å². The second kappa shape index (κ2) is 7.53. The summed E-state index contributed by atoms with van der Waals surface area (Å²) in [5.41, 5.74) is 0.452. The number of hydrogen-bond donors (Lipinski definition) is 0. The zero-order valence-corrected chi connectivity index (χ0v) is 12.3. The number of ether oxygens (including phenoxy) is 3. The van der Waals surface area contributed by atoms with E-state index in [-0.39, 0.29) is 23.9 Å². The molecule has 0 amide bonds. The molecule has 1 aromatic carbocycles. The third-order valence-corrected chi connectivity index (χ3v) is 2.53. The van der Waals surface area contributed by atoms with Crippen LogP contribution in [0.4, 0.5) is 0 Å². The van der Waals surface area contributed by atoms with Crippen molar-refractivity contribution in [2.24, 2.45) is 0 Å². The SMILES string of the molecule is CCOc1cc(C(C)=O)cc(OCC)c1OC(=O)CC. The van der Waals surface area contributed by atoms with Crippen molar-refractivity contribution in [3.05, 3.63) is 17.7 Å². The van der Waals surface area contributed by atoms with Gasteiger partial charge >= 0.3 is 5.97 Å². The van der Waals surface area contributed by atoms with Crippen LogP contribution in [0.1, 0.15) is 44.5 Å². The van der Waals surface area contributed by atoms with Crippen LogP contribution in [0, 0.1) is 0 Å². The largest absolute Gasteiger partial charge is 0.490 e. The molecule has 0 aliphatic heterocycles. The highest BCUT2D eigenvalue weighted by Crippen LogP contribution is 2.39. The van der Waals surface area contributed by atoms with E-state index in [4.69, 9.17) is 14.2 Å². The standard InChI is InChI=1S/C15H20O5/c1-5-14(17)20-15-12(18-6-2)8-11(10(4)16)9-13(15)19-7-3/h8-9H,5-7H2,1-4H3. The van der Waals surface area contributed by atoms with Gasteiger partial charge in [-0.05, 0) is 32.9 Å². The molecule has 0 heterocycles. The lowest BCUT2D eigenvalue weighted by molar-refractivity contribution is -0.134. The normalized spacial score (nSPS) is 10.0. The van der Waals surface area contributed by atoms with Gasteiger partial charge in [0.15, 0.2) is 17.3 Å². The summed E-state index contributed by atoms with van der Waals surface area (Å²) in [7, 11) is 0. The molecule has 0 aromatic heterocycles. The van der Waals surface area contributed by atoms with Gasteiger partial charge in [-0.3, -0.25) is 9.59 Å². The highest BCUT2D eigenvalue weighted by atomic mass is 16.6. The van der Waals surface area contributed by atoms with Gasteiger partial charge in [-0.25, -0.2) is 0 Å². The molecule has 5 heteroatoms. The lowest BCUT2D eigenvalue weighted by Crippen LogP contribution is -2.10. The van der Waals surface area contributed by atoms with Crippen molar-refractivity contribution in [2.45, 2.75) is 34.1 Å². The van der Waals surface area contributed by atoms with Crippen LogP contribution >= 0.6 is 0 Å². The average Bonchev–Trinajstić information content (AvgIpc) is 2.42. The number of rotatable bonds is 7. The maximum Gasteiger partial charge on any atom is 0.311 e. The summed E-state index contributed by atoms with van der Waals surface area (Å²) in [6, 6.07) is 3.12. The maximum absolute atomic E-state index is 11.5. The molecule has 0 fully saturated rings. The molecule has 0 aliphatic rings.